The number of anilines is 1. The molecule has 1 amide bonds. The number of amides is 1. The van der Waals surface area contributed by atoms with Crippen molar-refractivity contribution < 1.29 is 4.79 Å². The van der Waals surface area contributed by atoms with Crippen molar-refractivity contribution in [3.8, 4) is 0 Å². The Hall–Kier alpha value is -1.55. The molecule has 0 aliphatic carbocycles. The molecule has 4 heteroatoms. The average Bonchev–Trinajstić information content (AvgIpc) is 2.47. The molecule has 0 spiro atoms. The van der Waals surface area contributed by atoms with Gasteiger partial charge in [0.1, 0.15) is 0 Å². The quantitative estimate of drug-likeness (QED) is 0.925. The smallest absolute Gasteiger partial charge is 0.254 e. The molecule has 1 atom stereocenters. The molecule has 1 aromatic rings. The summed E-state index contributed by atoms with van der Waals surface area (Å²) in [7, 11) is 2.12. The summed E-state index contributed by atoms with van der Waals surface area (Å²) in [6.07, 6.45) is 1.10. The number of likely N-dealkylation sites (N-methyl/N-ethyl adjacent to an activating group) is 1. The van der Waals surface area contributed by atoms with Crippen LogP contribution in [-0.2, 0) is 0 Å². The molecule has 4 nitrogen and oxygen atoms in total. The average molecular weight is 289 g/mol. The molecule has 1 N–H and O–H groups in total. The van der Waals surface area contributed by atoms with E-state index in [0.29, 0.717) is 6.04 Å². The standard InChI is InChI=1S/C17H27N3O/c1-5-8-18-15-6-7-16(13(2)11-15)17(21)20-10-9-19(4)14(3)12-20/h6-7,11,14,18H,5,8-10,12H2,1-4H3. The Labute approximate surface area is 128 Å². The van der Waals surface area contributed by atoms with Crippen molar-refractivity contribution in [1.29, 1.82) is 0 Å². The number of benzene rings is 1. The molecule has 2 rings (SSSR count). The first kappa shape index (κ1) is 15.8. The first-order chi connectivity index (χ1) is 10.0. The van der Waals surface area contributed by atoms with Crippen LogP contribution in [0.3, 0.4) is 0 Å². The second-order valence-corrected chi connectivity index (χ2v) is 6.04. The minimum atomic E-state index is 0.162. The molecule has 1 aromatic carbocycles. The van der Waals surface area contributed by atoms with Crippen molar-refractivity contribution in [2.24, 2.45) is 0 Å². The molecular weight excluding hydrogens is 262 g/mol. The molecule has 0 saturated carbocycles. The summed E-state index contributed by atoms with van der Waals surface area (Å²) in [6.45, 7) is 9.87. The van der Waals surface area contributed by atoms with Gasteiger partial charge in [0.05, 0.1) is 0 Å². The van der Waals surface area contributed by atoms with Gasteiger partial charge in [-0.3, -0.25) is 4.79 Å². The van der Waals surface area contributed by atoms with Crippen LogP contribution < -0.4 is 5.32 Å². The van der Waals surface area contributed by atoms with Gasteiger partial charge in [0, 0.05) is 43.5 Å². The van der Waals surface area contributed by atoms with Crippen molar-refractivity contribution in [2.45, 2.75) is 33.2 Å². The van der Waals surface area contributed by atoms with Gasteiger partial charge in [0.25, 0.3) is 5.91 Å². The lowest BCUT2D eigenvalue weighted by atomic mass is 10.1. The van der Waals surface area contributed by atoms with Crippen LogP contribution in [0.4, 0.5) is 5.69 Å². The SMILES string of the molecule is CCCNc1ccc(C(=O)N2CCN(C)C(C)C2)c(C)c1. The summed E-state index contributed by atoms with van der Waals surface area (Å²) in [4.78, 5) is 17.0. The first-order valence-electron chi connectivity index (χ1n) is 7.87. The topological polar surface area (TPSA) is 35.6 Å². The molecule has 1 unspecified atom stereocenters. The number of carbonyl (C=O) groups is 1. The number of carbonyl (C=O) groups excluding carboxylic acids is 1. The van der Waals surface area contributed by atoms with Crippen LogP contribution in [0.25, 0.3) is 0 Å². The fourth-order valence-corrected chi connectivity index (χ4v) is 2.69. The molecule has 1 saturated heterocycles. The molecule has 116 valence electrons. The second kappa shape index (κ2) is 6.94. The summed E-state index contributed by atoms with van der Waals surface area (Å²) in [5.41, 5.74) is 2.97. The van der Waals surface area contributed by atoms with E-state index in [-0.39, 0.29) is 5.91 Å². The molecule has 0 aromatic heterocycles. The van der Waals surface area contributed by atoms with Crippen LogP contribution in [0.15, 0.2) is 18.2 Å². The van der Waals surface area contributed by atoms with Crippen LogP contribution in [0.1, 0.15) is 36.2 Å². The van der Waals surface area contributed by atoms with E-state index >= 15 is 0 Å². The van der Waals surface area contributed by atoms with Gasteiger partial charge in [-0.05, 0) is 51.1 Å². The number of hydrogen-bond donors (Lipinski definition) is 1. The van der Waals surface area contributed by atoms with Crippen LogP contribution in [0.5, 0.6) is 0 Å². The second-order valence-electron chi connectivity index (χ2n) is 6.04. The summed E-state index contributed by atoms with van der Waals surface area (Å²) in [5, 5.41) is 3.36. The molecule has 1 aliphatic heterocycles. The number of rotatable bonds is 4. The maximum Gasteiger partial charge on any atom is 0.254 e. The molecule has 0 radical (unpaired) electrons. The zero-order chi connectivity index (χ0) is 15.4. The molecule has 21 heavy (non-hydrogen) atoms. The first-order valence-corrected chi connectivity index (χ1v) is 7.87. The van der Waals surface area contributed by atoms with E-state index in [1.54, 1.807) is 0 Å². The zero-order valence-electron chi connectivity index (χ0n) is 13.6. The summed E-state index contributed by atoms with van der Waals surface area (Å²) in [5.74, 6) is 0.162. The molecule has 0 bridgehead atoms. The minimum absolute atomic E-state index is 0.162. The van der Waals surface area contributed by atoms with Crippen molar-refractivity contribution >= 4 is 11.6 Å². The third-order valence-corrected chi connectivity index (χ3v) is 4.28. The highest BCUT2D eigenvalue weighted by molar-refractivity contribution is 5.96. The van der Waals surface area contributed by atoms with Gasteiger partial charge >= 0.3 is 0 Å². The Bertz CT molecular complexity index is 501. The van der Waals surface area contributed by atoms with Crippen molar-refractivity contribution in [1.82, 2.24) is 9.80 Å². The maximum atomic E-state index is 12.7. The third kappa shape index (κ3) is 3.76. The number of nitrogens with zero attached hydrogens (tertiary/aromatic N) is 2. The minimum Gasteiger partial charge on any atom is -0.385 e. The van der Waals surface area contributed by atoms with E-state index in [4.69, 9.17) is 0 Å². The van der Waals surface area contributed by atoms with Crippen LogP contribution in [0, 0.1) is 6.92 Å². The van der Waals surface area contributed by atoms with Crippen LogP contribution >= 0.6 is 0 Å². The van der Waals surface area contributed by atoms with E-state index < -0.39 is 0 Å². The fourth-order valence-electron chi connectivity index (χ4n) is 2.69. The van der Waals surface area contributed by atoms with Crippen molar-refractivity contribution in [3.05, 3.63) is 29.3 Å². The molecular formula is C17H27N3O. The normalized spacial score (nSPS) is 19.6. The monoisotopic (exact) mass is 289 g/mol. The molecule has 1 aliphatic rings. The lowest BCUT2D eigenvalue weighted by molar-refractivity contribution is 0.0572. The van der Waals surface area contributed by atoms with Gasteiger partial charge < -0.3 is 15.1 Å². The number of hydrogen-bond acceptors (Lipinski definition) is 3. The van der Waals surface area contributed by atoms with Gasteiger partial charge in [-0.1, -0.05) is 6.92 Å². The Balaban J connectivity index is 2.09. The molecule has 1 heterocycles. The Kier molecular flexibility index (Phi) is 5.23. The van der Waals surface area contributed by atoms with Gasteiger partial charge in [0.15, 0.2) is 0 Å². The van der Waals surface area contributed by atoms with Gasteiger partial charge in [-0.25, -0.2) is 0 Å². The fraction of sp³-hybridized carbons (Fsp3) is 0.588. The Morgan fingerprint density at radius 2 is 2.14 bits per heavy atom. The Morgan fingerprint density at radius 1 is 1.38 bits per heavy atom. The number of nitrogens with one attached hydrogen (secondary N) is 1. The van der Waals surface area contributed by atoms with E-state index in [0.717, 1.165) is 49.4 Å². The summed E-state index contributed by atoms with van der Waals surface area (Å²) < 4.78 is 0. The van der Waals surface area contributed by atoms with E-state index in [1.807, 2.05) is 24.0 Å². The highest BCUT2D eigenvalue weighted by Gasteiger charge is 2.25. The highest BCUT2D eigenvalue weighted by Crippen LogP contribution is 2.18. The van der Waals surface area contributed by atoms with Gasteiger partial charge in [-0.15, -0.1) is 0 Å². The predicted octanol–water partition coefficient (Wildman–Crippen LogP) is 2.59. The van der Waals surface area contributed by atoms with E-state index in [1.165, 1.54) is 0 Å². The Morgan fingerprint density at radius 3 is 2.76 bits per heavy atom. The van der Waals surface area contributed by atoms with E-state index in [9.17, 15) is 4.79 Å². The number of aryl methyl sites for hydroxylation is 1. The predicted molar refractivity (Wildman–Crippen MR) is 88.0 cm³/mol. The van der Waals surface area contributed by atoms with Crippen molar-refractivity contribution in [2.75, 3.05) is 38.5 Å². The lowest BCUT2D eigenvalue weighted by Crippen LogP contribution is -2.52. The summed E-state index contributed by atoms with van der Waals surface area (Å²) >= 11 is 0. The van der Waals surface area contributed by atoms with Gasteiger partial charge in [0.2, 0.25) is 0 Å². The highest BCUT2D eigenvalue weighted by atomic mass is 16.2. The van der Waals surface area contributed by atoms with Gasteiger partial charge in [-0.2, -0.15) is 0 Å². The largest absolute Gasteiger partial charge is 0.385 e. The molecule has 1 fully saturated rings. The number of piperazine rings is 1. The third-order valence-electron chi connectivity index (χ3n) is 4.28. The zero-order valence-corrected chi connectivity index (χ0v) is 13.6. The lowest BCUT2D eigenvalue weighted by Gasteiger charge is -2.37. The van der Waals surface area contributed by atoms with Crippen LogP contribution in [-0.4, -0.2) is 55.0 Å². The van der Waals surface area contributed by atoms with Crippen LogP contribution in [0.2, 0.25) is 0 Å². The van der Waals surface area contributed by atoms with Crippen molar-refractivity contribution in [3.63, 3.8) is 0 Å². The maximum absolute atomic E-state index is 12.7. The summed E-state index contributed by atoms with van der Waals surface area (Å²) in [6, 6.07) is 6.46. The van der Waals surface area contributed by atoms with E-state index in [2.05, 4.69) is 37.2 Å².